The van der Waals surface area contributed by atoms with E-state index < -0.39 is 0 Å². The highest BCUT2D eigenvalue weighted by molar-refractivity contribution is 6.32. The fourth-order valence-electron chi connectivity index (χ4n) is 3.04. The van der Waals surface area contributed by atoms with Crippen molar-refractivity contribution < 1.29 is 18.7 Å². The second-order valence-corrected chi connectivity index (χ2v) is 7.64. The van der Waals surface area contributed by atoms with Crippen molar-refractivity contribution >= 4 is 45.9 Å². The third-order valence-electron chi connectivity index (χ3n) is 4.57. The summed E-state index contributed by atoms with van der Waals surface area (Å²) < 4.78 is 16.6. The zero-order valence-electron chi connectivity index (χ0n) is 16.7. The number of anilines is 1. The number of oxazole rings is 1. The predicted molar refractivity (Wildman–Crippen MR) is 121 cm³/mol. The van der Waals surface area contributed by atoms with E-state index in [4.69, 9.17) is 37.1 Å². The predicted octanol–water partition coefficient (Wildman–Crippen LogP) is 6.14. The van der Waals surface area contributed by atoms with Crippen LogP contribution in [0.5, 0.6) is 11.5 Å². The zero-order valence-corrected chi connectivity index (χ0v) is 18.3. The Morgan fingerprint density at radius 2 is 1.87 bits per heavy atom. The van der Waals surface area contributed by atoms with Crippen LogP contribution in [0.1, 0.15) is 5.56 Å². The second kappa shape index (κ2) is 8.88. The van der Waals surface area contributed by atoms with E-state index in [1.165, 1.54) is 0 Å². The van der Waals surface area contributed by atoms with Crippen LogP contribution in [0.2, 0.25) is 10.0 Å². The molecule has 1 aromatic heterocycles. The van der Waals surface area contributed by atoms with Gasteiger partial charge in [-0.2, -0.15) is 0 Å². The first-order chi connectivity index (χ1) is 14.9. The van der Waals surface area contributed by atoms with Gasteiger partial charge in [-0.3, -0.25) is 4.79 Å². The molecule has 158 valence electrons. The molecule has 0 aliphatic heterocycles. The van der Waals surface area contributed by atoms with Crippen LogP contribution in [0.3, 0.4) is 0 Å². The first-order valence-corrected chi connectivity index (χ1v) is 10.1. The molecule has 31 heavy (non-hydrogen) atoms. The Morgan fingerprint density at radius 1 is 1.06 bits per heavy atom. The monoisotopic (exact) mass is 456 g/mol. The first-order valence-electron chi connectivity index (χ1n) is 9.36. The normalized spacial score (nSPS) is 10.8. The number of fused-ring (bicyclic) bond motifs is 1. The van der Waals surface area contributed by atoms with Crippen molar-refractivity contribution in [3.05, 3.63) is 70.2 Å². The molecule has 1 N–H and O–H groups in total. The largest absolute Gasteiger partial charge is 0.495 e. The highest BCUT2D eigenvalue weighted by Gasteiger charge is 2.12. The number of halogens is 2. The van der Waals surface area contributed by atoms with Gasteiger partial charge in [-0.15, -0.1) is 0 Å². The van der Waals surface area contributed by atoms with E-state index in [-0.39, 0.29) is 12.5 Å². The molecule has 0 aliphatic carbocycles. The molecule has 4 aromatic rings. The van der Waals surface area contributed by atoms with Gasteiger partial charge in [0, 0.05) is 16.3 Å². The van der Waals surface area contributed by atoms with Crippen molar-refractivity contribution in [1.82, 2.24) is 4.98 Å². The molecular formula is C23H18Cl2N2O4. The topological polar surface area (TPSA) is 73.6 Å². The molecular weight excluding hydrogens is 439 g/mol. The van der Waals surface area contributed by atoms with Crippen molar-refractivity contribution in [1.29, 1.82) is 0 Å². The smallest absolute Gasteiger partial charge is 0.262 e. The molecule has 0 radical (unpaired) electrons. The standard InChI is InChI=1S/C23H18Cl2N2O4/c1-13-9-15(24)4-7-19(13)30-12-22(28)26-16-5-8-21-18(11-16)27-23(31-21)14-3-6-20(29-2)17(25)10-14/h3-11H,12H2,1-2H3,(H,26,28). The minimum Gasteiger partial charge on any atom is -0.495 e. The van der Waals surface area contributed by atoms with Gasteiger partial charge in [-0.1, -0.05) is 23.2 Å². The lowest BCUT2D eigenvalue weighted by Crippen LogP contribution is -2.20. The maximum Gasteiger partial charge on any atom is 0.262 e. The van der Waals surface area contributed by atoms with E-state index in [0.29, 0.717) is 44.2 Å². The van der Waals surface area contributed by atoms with Crippen molar-refractivity contribution in [3.8, 4) is 23.0 Å². The Kier molecular flexibility index (Phi) is 6.02. The summed E-state index contributed by atoms with van der Waals surface area (Å²) in [5.74, 6) is 1.31. The summed E-state index contributed by atoms with van der Waals surface area (Å²) in [6.07, 6.45) is 0. The summed E-state index contributed by atoms with van der Waals surface area (Å²) in [4.78, 5) is 16.8. The highest BCUT2D eigenvalue weighted by Crippen LogP contribution is 2.32. The van der Waals surface area contributed by atoms with Gasteiger partial charge in [0.25, 0.3) is 5.91 Å². The summed E-state index contributed by atoms with van der Waals surface area (Å²) in [7, 11) is 1.55. The van der Waals surface area contributed by atoms with Gasteiger partial charge in [-0.25, -0.2) is 4.98 Å². The summed E-state index contributed by atoms with van der Waals surface area (Å²) in [5, 5.41) is 3.88. The van der Waals surface area contributed by atoms with Gasteiger partial charge in [0.15, 0.2) is 12.2 Å². The van der Waals surface area contributed by atoms with Gasteiger partial charge in [0.1, 0.15) is 17.0 Å². The van der Waals surface area contributed by atoms with Crippen LogP contribution in [0.25, 0.3) is 22.6 Å². The third kappa shape index (κ3) is 4.76. The number of rotatable bonds is 6. The summed E-state index contributed by atoms with van der Waals surface area (Å²) >= 11 is 12.1. The molecule has 3 aromatic carbocycles. The number of amides is 1. The third-order valence-corrected chi connectivity index (χ3v) is 5.10. The molecule has 0 aliphatic rings. The number of nitrogens with one attached hydrogen (secondary N) is 1. The number of carbonyl (C=O) groups excluding carboxylic acids is 1. The van der Waals surface area contributed by atoms with Crippen molar-refractivity contribution in [3.63, 3.8) is 0 Å². The highest BCUT2D eigenvalue weighted by atomic mass is 35.5. The SMILES string of the molecule is COc1ccc(-c2nc3cc(NC(=O)COc4ccc(Cl)cc4C)ccc3o2)cc1Cl. The Bertz CT molecular complexity index is 1270. The van der Waals surface area contributed by atoms with Crippen LogP contribution in [-0.4, -0.2) is 24.6 Å². The van der Waals surface area contributed by atoms with Crippen molar-refractivity contribution in [2.24, 2.45) is 0 Å². The maximum atomic E-state index is 12.3. The molecule has 1 amide bonds. The van der Waals surface area contributed by atoms with Gasteiger partial charge in [0.05, 0.1) is 12.1 Å². The van der Waals surface area contributed by atoms with E-state index in [2.05, 4.69) is 10.3 Å². The van der Waals surface area contributed by atoms with Gasteiger partial charge in [0.2, 0.25) is 5.89 Å². The van der Waals surface area contributed by atoms with Crippen LogP contribution in [0.4, 0.5) is 5.69 Å². The quantitative estimate of drug-likeness (QED) is 0.377. The average molecular weight is 457 g/mol. The minimum atomic E-state index is -0.292. The number of hydrogen-bond donors (Lipinski definition) is 1. The van der Waals surface area contributed by atoms with E-state index in [1.807, 2.05) is 13.0 Å². The van der Waals surface area contributed by atoms with Crippen LogP contribution < -0.4 is 14.8 Å². The van der Waals surface area contributed by atoms with Crippen LogP contribution >= 0.6 is 23.2 Å². The van der Waals surface area contributed by atoms with Crippen molar-refractivity contribution in [2.75, 3.05) is 19.0 Å². The molecule has 0 bridgehead atoms. The fraction of sp³-hybridized carbons (Fsp3) is 0.130. The minimum absolute atomic E-state index is 0.130. The summed E-state index contributed by atoms with van der Waals surface area (Å²) in [6.45, 7) is 1.74. The van der Waals surface area contributed by atoms with Crippen LogP contribution in [-0.2, 0) is 4.79 Å². The fourth-order valence-corrected chi connectivity index (χ4v) is 3.53. The number of benzene rings is 3. The lowest BCUT2D eigenvalue weighted by atomic mass is 10.2. The first kappa shape index (κ1) is 21.0. The van der Waals surface area contributed by atoms with Crippen LogP contribution in [0, 0.1) is 6.92 Å². The van der Waals surface area contributed by atoms with E-state index in [9.17, 15) is 4.79 Å². The molecule has 0 spiro atoms. The van der Waals surface area contributed by atoms with Gasteiger partial charge in [-0.05, 0) is 67.1 Å². The molecule has 0 saturated heterocycles. The zero-order chi connectivity index (χ0) is 22.0. The number of carbonyl (C=O) groups is 1. The summed E-state index contributed by atoms with van der Waals surface area (Å²) in [5.41, 5.74) is 3.36. The van der Waals surface area contributed by atoms with E-state index in [0.717, 1.165) is 11.1 Å². The number of nitrogens with zero attached hydrogens (tertiary/aromatic N) is 1. The van der Waals surface area contributed by atoms with E-state index in [1.54, 1.807) is 55.6 Å². The second-order valence-electron chi connectivity index (χ2n) is 6.80. The Labute approximate surface area is 188 Å². The maximum absolute atomic E-state index is 12.3. The van der Waals surface area contributed by atoms with Crippen molar-refractivity contribution in [2.45, 2.75) is 6.92 Å². The Balaban J connectivity index is 1.46. The molecule has 4 rings (SSSR count). The molecule has 1 heterocycles. The molecule has 6 nitrogen and oxygen atoms in total. The number of methoxy groups -OCH3 is 1. The lowest BCUT2D eigenvalue weighted by Gasteiger charge is -2.09. The average Bonchev–Trinajstić information content (AvgIpc) is 3.16. The van der Waals surface area contributed by atoms with Gasteiger partial charge >= 0.3 is 0 Å². The molecule has 0 unspecified atom stereocenters. The number of aryl methyl sites for hydroxylation is 1. The van der Waals surface area contributed by atoms with Gasteiger partial charge < -0.3 is 19.2 Å². The molecule has 0 atom stereocenters. The molecule has 0 fully saturated rings. The van der Waals surface area contributed by atoms with E-state index >= 15 is 0 Å². The number of ether oxygens (including phenoxy) is 2. The Morgan fingerprint density at radius 3 is 2.61 bits per heavy atom. The summed E-state index contributed by atoms with van der Waals surface area (Å²) in [6, 6.07) is 15.7. The molecule has 8 heteroatoms. The Hall–Kier alpha value is -3.22. The number of hydrogen-bond acceptors (Lipinski definition) is 5. The number of aromatic nitrogens is 1. The molecule has 0 saturated carbocycles. The van der Waals surface area contributed by atoms with Crippen LogP contribution in [0.15, 0.2) is 59.0 Å². The lowest BCUT2D eigenvalue weighted by molar-refractivity contribution is -0.118.